The molecular weight excluding hydrogens is 314 g/mol. The van der Waals surface area contributed by atoms with Crippen molar-refractivity contribution in [1.82, 2.24) is 4.90 Å². The first-order valence-electron chi connectivity index (χ1n) is 5.73. The van der Waals surface area contributed by atoms with E-state index in [1.54, 1.807) is 4.90 Å². The Hall–Kier alpha value is -0.520. The zero-order chi connectivity index (χ0) is 13.6. The molecule has 0 radical (unpaired) electrons. The van der Waals surface area contributed by atoms with Crippen molar-refractivity contribution in [2.75, 3.05) is 12.3 Å². The largest absolute Gasteiger partial charge is 0.336 e. The molecule has 5 heteroatoms. The summed E-state index contributed by atoms with van der Waals surface area (Å²) >= 11 is 4.15. The number of hydrogen-bond donors (Lipinski definition) is 1. The van der Waals surface area contributed by atoms with Gasteiger partial charge in [-0.3, -0.25) is 4.79 Å². The minimum Gasteiger partial charge on any atom is -0.336 e. The highest BCUT2D eigenvalue weighted by molar-refractivity contribution is 9.10. The van der Waals surface area contributed by atoms with E-state index in [4.69, 9.17) is 4.55 Å². The lowest BCUT2D eigenvalue weighted by molar-refractivity contribution is -0.133. The Morgan fingerprint density at radius 2 is 2.00 bits per heavy atom. The van der Waals surface area contributed by atoms with Crippen LogP contribution in [-0.2, 0) is 11.3 Å². The molecule has 0 saturated heterocycles. The van der Waals surface area contributed by atoms with Gasteiger partial charge in [0.05, 0.1) is 4.32 Å². The lowest BCUT2D eigenvalue weighted by atomic mass is 10.1. The van der Waals surface area contributed by atoms with Crippen LogP contribution in [0.15, 0.2) is 30.3 Å². The van der Waals surface area contributed by atoms with Crippen LogP contribution in [-0.4, -0.2) is 32.0 Å². The third-order valence-electron chi connectivity index (χ3n) is 2.46. The lowest BCUT2D eigenvalue weighted by Gasteiger charge is -2.28. The minimum atomic E-state index is -0.581. The molecule has 0 bridgehead atoms. The van der Waals surface area contributed by atoms with E-state index in [9.17, 15) is 4.79 Å². The second-order valence-electron chi connectivity index (χ2n) is 4.52. The van der Waals surface area contributed by atoms with Gasteiger partial charge in [0.15, 0.2) is 0 Å². The van der Waals surface area contributed by atoms with Crippen LogP contribution in [0, 0.1) is 0 Å². The minimum absolute atomic E-state index is 0.0282. The summed E-state index contributed by atoms with van der Waals surface area (Å²) in [5.74, 6) is 0.544. The fraction of sp³-hybridized carbons (Fsp3) is 0.462. The molecule has 0 fully saturated rings. The highest BCUT2D eigenvalue weighted by Gasteiger charge is 2.28. The molecule has 100 valence electrons. The third-order valence-corrected chi connectivity index (χ3v) is 3.17. The summed E-state index contributed by atoms with van der Waals surface area (Å²) in [6, 6.07) is 9.85. The summed E-state index contributed by atoms with van der Waals surface area (Å²) in [6.07, 6.45) is 0. The number of hydrogen-bond acceptors (Lipinski definition) is 3. The maximum Gasteiger partial charge on any atom is 0.239 e. The van der Waals surface area contributed by atoms with Crippen LogP contribution < -0.4 is 0 Å². The Morgan fingerprint density at radius 3 is 2.50 bits per heavy atom. The van der Waals surface area contributed by atoms with Crippen LogP contribution in [0.3, 0.4) is 0 Å². The average Bonchev–Trinajstić information content (AvgIpc) is 2.33. The summed E-state index contributed by atoms with van der Waals surface area (Å²) < 4.78 is 8.25. The lowest BCUT2D eigenvalue weighted by Crippen LogP contribution is -2.42. The topological polar surface area (TPSA) is 40.5 Å². The summed E-state index contributed by atoms with van der Waals surface area (Å²) in [4.78, 5) is 14.0. The van der Waals surface area contributed by atoms with Crippen molar-refractivity contribution < 1.29 is 9.35 Å². The number of rotatable bonds is 6. The van der Waals surface area contributed by atoms with E-state index in [2.05, 4.69) is 15.9 Å². The van der Waals surface area contributed by atoms with Crippen molar-refractivity contribution in [3.63, 3.8) is 0 Å². The number of carbonyl (C=O) groups is 1. The maximum absolute atomic E-state index is 12.3. The average molecular weight is 332 g/mol. The maximum atomic E-state index is 12.3. The fourth-order valence-electron chi connectivity index (χ4n) is 1.58. The number of amides is 1. The van der Waals surface area contributed by atoms with Crippen LogP contribution in [0.4, 0.5) is 0 Å². The molecule has 1 rings (SSSR count). The van der Waals surface area contributed by atoms with E-state index in [1.165, 1.54) is 0 Å². The first kappa shape index (κ1) is 15.5. The van der Waals surface area contributed by atoms with Gasteiger partial charge in [-0.05, 0) is 31.5 Å². The van der Waals surface area contributed by atoms with E-state index < -0.39 is 4.32 Å². The highest BCUT2D eigenvalue weighted by Crippen LogP contribution is 2.21. The fourth-order valence-corrected chi connectivity index (χ4v) is 2.14. The molecule has 0 aliphatic heterocycles. The normalized spacial score (nSPS) is 11.3. The molecule has 18 heavy (non-hydrogen) atoms. The number of halogens is 1. The van der Waals surface area contributed by atoms with E-state index in [0.29, 0.717) is 18.8 Å². The molecule has 0 unspecified atom stereocenters. The Bertz CT molecular complexity index is 378. The van der Waals surface area contributed by atoms with Gasteiger partial charge < -0.3 is 9.45 Å². The van der Waals surface area contributed by atoms with Crippen molar-refractivity contribution in [2.24, 2.45) is 0 Å². The third kappa shape index (κ3) is 5.00. The second kappa shape index (κ2) is 7.16. The molecule has 3 nitrogen and oxygen atoms in total. The molecular formula is C13H18BrNO2S. The molecule has 0 atom stereocenters. The van der Waals surface area contributed by atoms with Crippen molar-refractivity contribution in [3.05, 3.63) is 35.9 Å². The number of benzene rings is 1. The van der Waals surface area contributed by atoms with E-state index in [0.717, 1.165) is 17.6 Å². The summed E-state index contributed by atoms with van der Waals surface area (Å²) in [6.45, 7) is 4.76. The van der Waals surface area contributed by atoms with E-state index >= 15 is 0 Å². The molecule has 1 aromatic rings. The van der Waals surface area contributed by atoms with Gasteiger partial charge >= 0.3 is 0 Å². The molecule has 0 saturated carbocycles. The molecule has 0 spiro atoms. The summed E-state index contributed by atoms with van der Waals surface area (Å²) in [5.41, 5.74) is 1.09. The van der Waals surface area contributed by atoms with Gasteiger partial charge in [-0.25, -0.2) is 0 Å². The Morgan fingerprint density at radius 1 is 1.39 bits per heavy atom. The van der Waals surface area contributed by atoms with Crippen LogP contribution in [0.1, 0.15) is 19.4 Å². The van der Waals surface area contributed by atoms with Gasteiger partial charge in [0.25, 0.3) is 0 Å². The van der Waals surface area contributed by atoms with Crippen molar-refractivity contribution >= 4 is 33.9 Å². The van der Waals surface area contributed by atoms with E-state index in [-0.39, 0.29) is 5.91 Å². The van der Waals surface area contributed by atoms with Crippen LogP contribution in [0.5, 0.6) is 0 Å². The highest BCUT2D eigenvalue weighted by atomic mass is 79.9. The van der Waals surface area contributed by atoms with Gasteiger partial charge in [0, 0.05) is 18.8 Å². The van der Waals surface area contributed by atoms with Crippen LogP contribution in [0.25, 0.3) is 0 Å². The Labute approximate surface area is 121 Å². The van der Waals surface area contributed by atoms with Crippen molar-refractivity contribution in [1.29, 1.82) is 0 Å². The predicted molar refractivity (Wildman–Crippen MR) is 80.0 cm³/mol. The summed E-state index contributed by atoms with van der Waals surface area (Å²) in [7, 11) is 0. The molecule has 0 heterocycles. The molecule has 1 N–H and O–H groups in total. The predicted octanol–water partition coefficient (Wildman–Crippen LogP) is 3.39. The summed E-state index contributed by atoms with van der Waals surface area (Å²) in [5, 5.41) is 0. The van der Waals surface area contributed by atoms with Gasteiger partial charge in [-0.1, -0.05) is 46.3 Å². The standard InChI is InChI=1S/C13H18BrNO2S/c1-13(2,14)12(16)15(8-9-18-17)10-11-6-4-3-5-7-11/h3-7,17H,8-10H2,1-2H3. The molecule has 1 amide bonds. The second-order valence-corrected chi connectivity index (χ2v) is 7.17. The van der Waals surface area contributed by atoms with Crippen molar-refractivity contribution in [3.8, 4) is 0 Å². The molecule has 0 aliphatic carbocycles. The quantitative estimate of drug-likeness (QED) is 0.641. The number of nitrogens with zero attached hydrogens (tertiary/aromatic N) is 1. The van der Waals surface area contributed by atoms with Gasteiger partial charge in [-0.2, -0.15) is 0 Å². The molecule has 1 aromatic carbocycles. The zero-order valence-electron chi connectivity index (χ0n) is 10.6. The first-order valence-corrected chi connectivity index (χ1v) is 7.47. The van der Waals surface area contributed by atoms with Gasteiger partial charge in [0.1, 0.15) is 0 Å². The van der Waals surface area contributed by atoms with Gasteiger partial charge in [0.2, 0.25) is 5.91 Å². The van der Waals surface area contributed by atoms with E-state index in [1.807, 2.05) is 44.2 Å². The number of carbonyl (C=O) groups excluding carboxylic acids is 1. The zero-order valence-corrected chi connectivity index (χ0v) is 13.0. The SMILES string of the molecule is CC(C)(Br)C(=O)N(CCSO)Cc1ccccc1. The first-order chi connectivity index (χ1) is 8.45. The monoisotopic (exact) mass is 331 g/mol. The van der Waals surface area contributed by atoms with Gasteiger partial charge in [-0.15, -0.1) is 0 Å². The molecule has 0 aliphatic rings. The van der Waals surface area contributed by atoms with Crippen LogP contribution in [0.2, 0.25) is 0 Å². The van der Waals surface area contributed by atoms with Crippen molar-refractivity contribution in [2.45, 2.75) is 24.7 Å². The Kier molecular flexibility index (Phi) is 6.18. The Balaban J connectivity index is 2.76. The molecule has 0 aromatic heterocycles. The smallest absolute Gasteiger partial charge is 0.239 e. The van der Waals surface area contributed by atoms with Crippen LogP contribution >= 0.6 is 28.0 Å². The number of alkyl halides is 1.